The minimum Gasteiger partial charge on any atom is -0.458 e. The lowest BCUT2D eigenvalue weighted by molar-refractivity contribution is 0.0500. The molecule has 0 aromatic heterocycles. The highest BCUT2D eigenvalue weighted by Gasteiger charge is 2.22. The lowest BCUT2D eigenvalue weighted by Gasteiger charge is -2.10. The third kappa shape index (κ3) is 8.56. The summed E-state index contributed by atoms with van der Waals surface area (Å²) in [5.41, 5.74) is 0.0149. The molecule has 0 amide bonds. The molecule has 0 unspecified atom stereocenters. The molecule has 0 radical (unpaired) electrons. The van der Waals surface area contributed by atoms with Crippen molar-refractivity contribution in [1.29, 1.82) is 0 Å². The molecule has 1 aromatic rings. The Labute approximate surface area is 176 Å². The standard InChI is InChI=1S/C24H26O6/c1-4-7-9-11-16-29-23(26)20-14-13-19(22(25)28-15-6-3)18-21(20)24(27)30-17-12-10-8-5-2/h4-6,9-14,18H,1-3,7-8,15-17H2/b11-9?,12-10-. The summed E-state index contributed by atoms with van der Waals surface area (Å²) in [7, 11) is 0. The van der Waals surface area contributed by atoms with Crippen LogP contribution in [0.5, 0.6) is 0 Å². The average molecular weight is 410 g/mol. The summed E-state index contributed by atoms with van der Waals surface area (Å²) in [6.07, 6.45) is 13.0. The molecule has 0 saturated carbocycles. The van der Waals surface area contributed by atoms with E-state index in [1.807, 2.05) is 0 Å². The largest absolute Gasteiger partial charge is 0.458 e. The maximum atomic E-state index is 12.5. The summed E-state index contributed by atoms with van der Waals surface area (Å²) >= 11 is 0. The zero-order chi connectivity index (χ0) is 22.2. The molecule has 0 aliphatic carbocycles. The first-order valence-corrected chi connectivity index (χ1v) is 9.33. The second-order valence-electron chi connectivity index (χ2n) is 5.84. The molecule has 0 aliphatic heterocycles. The lowest BCUT2D eigenvalue weighted by atomic mass is 10.0. The maximum Gasteiger partial charge on any atom is 0.339 e. The first-order valence-electron chi connectivity index (χ1n) is 9.33. The van der Waals surface area contributed by atoms with E-state index in [2.05, 4.69) is 19.7 Å². The van der Waals surface area contributed by atoms with Crippen LogP contribution in [0.3, 0.4) is 0 Å². The SMILES string of the molecule is C=CCC=CCOC(=O)c1ccc(C(=O)OCC=C)cc1C(=O)OC/C=C\CC=C. The van der Waals surface area contributed by atoms with Crippen molar-refractivity contribution in [3.05, 3.63) is 97.2 Å². The van der Waals surface area contributed by atoms with Gasteiger partial charge in [0.15, 0.2) is 0 Å². The third-order valence-corrected chi connectivity index (χ3v) is 3.59. The fourth-order valence-electron chi connectivity index (χ4n) is 2.16. The van der Waals surface area contributed by atoms with Crippen LogP contribution in [0.25, 0.3) is 0 Å². The predicted molar refractivity (Wildman–Crippen MR) is 115 cm³/mol. The van der Waals surface area contributed by atoms with E-state index in [-0.39, 0.29) is 36.5 Å². The smallest absolute Gasteiger partial charge is 0.339 e. The van der Waals surface area contributed by atoms with Crippen LogP contribution in [0.15, 0.2) is 80.5 Å². The quantitative estimate of drug-likeness (QED) is 0.268. The number of allylic oxidation sites excluding steroid dienone is 4. The molecular weight excluding hydrogens is 384 g/mol. The lowest BCUT2D eigenvalue weighted by Crippen LogP contribution is -2.16. The van der Waals surface area contributed by atoms with Gasteiger partial charge in [-0.25, -0.2) is 14.4 Å². The number of hydrogen-bond acceptors (Lipinski definition) is 6. The molecule has 0 spiro atoms. The number of carbonyl (C=O) groups is 3. The minimum atomic E-state index is -0.759. The Morgan fingerprint density at radius 1 is 0.667 bits per heavy atom. The first-order chi connectivity index (χ1) is 14.5. The topological polar surface area (TPSA) is 78.9 Å². The molecule has 1 aromatic carbocycles. The molecular formula is C24H26O6. The Bertz CT molecular complexity index is 832. The second-order valence-corrected chi connectivity index (χ2v) is 5.84. The van der Waals surface area contributed by atoms with E-state index >= 15 is 0 Å². The summed E-state index contributed by atoms with van der Waals surface area (Å²) in [5, 5.41) is 0. The van der Waals surface area contributed by atoms with Crippen molar-refractivity contribution < 1.29 is 28.6 Å². The van der Waals surface area contributed by atoms with Crippen molar-refractivity contribution in [2.24, 2.45) is 0 Å². The Kier molecular flexibility index (Phi) is 11.7. The zero-order valence-electron chi connectivity index (χ0n) is 16.9. The van der Waals surface area contributed by atoms with Gasteiger partial charge in [-0.2, -0.15) is 0 Å². The Balaban J connectivity index is 3.03. The van der Waals surface area contributed by atoms with Crippen molar-refractivity contribution in [2.45, 2.75) is 12.8 Å². The van der Waals surface area contributed by atoms with Crippen LogP contribution >= 0.6 is 0 Å². The number of ether oxygens (including phenoxy) is 3. The van der Waals surface area contributed by atoms with Gasteiger partial charge in [0.2, 0.25) is 0 Å². The van der Waals surface area contributed by atoms with Crippen LogP contribution in [0.1, 0.15) is 43.9 Å². The van der Waals surface area contributed by atoms with Crippen molar-refractivity contribution in [2.75, 3.05) is 19.8 Å². The Morgan fingerprint density at radius 3 is 1.73 bits per heavy atom. The maximum absolute atomic E-state index is 12.5. The van der Waals surface area contributed by atoms with Crippen LogP contribution in [0, 0.1) is 0 Å². The van der Waals surface area contributed by atoms with E-state index in [9.17, 15) is 14.4 Å². The van der Waals surface area contributed by atoms with Gasteiger partial charge in [-0.3, -0.25) is 0 Å². The number of carbonyl (C=O) groups excluding carboxylic acids is 3. The molecule has 0 N–H and O–H groups in total. The van der Waals surface area contributed by atoms with Crippen molar-refractivity contribution >= 4 is 17.9 Å². The van der Waals surface area contributed by atoms with E-state index in [1.54, 1.807) is 36.5 Å². The summed E-state index contributed by atoms with van der Waals surface area (Å²) in [6, 6.07) is 3.98. The highest BCUT2D eigenvalue weighted by atomic mass is 16.5. The molecule has 6 nitrogen and oxygen atoms in total. The highest BCUT2D eigenvalue weighted by molar-refractivity contribution is 6.05. The van der Waals surface area contributed by atoms with E-state index in [4.69, 9.17) is 14.2 Å². The second kappa shape index (κ2) is 14.3. The highest BCUT2D eigenvalue weighted by Crippen LogP contribution is 2.16. The number of benzene rings is 1. The predicted octanol–water partition coefficient (Wildman–Crippen LogP) is 4.61. The van der Waals surface area contributed by atoms with Gasteiger partial charge >= 0.3 is 17.9 Å². The minimum absolute atomic E-state index is 0.00698. The molecule has 0 saturated heterocycles. The van der Waals surface area contributed by atoms with Gasteiger partial charge in [0.1, 0.15) is 19.8 Å². The molecule has 0 fully saturated rings. The van der Waals surface area contributed by atoms with E-state index < -0.39 is 17.9 Å². The number of rotatable bonds is 13. The fourth-order valence-corrected chi connectivity index (χ4v) is 2.16. The molecule has 6 heteroatoms. The number of hydrogen-bond donors (Lipinski definition) is 0. The first kappa shape index (κ1) is 24.4. The molecule has 30 heavy (non-hydrogen) atoms. The number of esters is 3. The third-order valence-electron chi connectivity index (χ3n) is 3.59. The summed E-state index contributed by atoms with van der Waals surface area (Å²) in [5.74, 6) is -2.12. The summed E-state index contributed by atoms with van der Waals surface area (Å²) in [4.78, 5) is 37.0. The monoisotopic (exact) mass is 410 g/mol. The van der Waals surface area contributed by atoms with Gasteiger partial charge in [0, 0.05) is 0 Å². The average Bonchev–Trinajstić information content (AvgIpc) is 2.76. The molecule has 158 valence electrons. The Morgan fingerprint density at radius 2 is 1.20 bits per heavy atom. The van der Waals surface area contributed by atoms with Gasteiger partial charge in [-0.15, -0.1) is 13.2 Å². The molecule has 0 heterocycles. The summed E-state index contributed by atoms with van der Waals surface area (Å²) in [6.45, 7) is 10.7. The van der Waals surface area contributed by atoms with Gasteiger partial charge in [-0.1, -0.05) is 49.1 Å². The van der Waals surface area contributed by atoms with Gasteiger partial charge in [0.25, 0.3) is 0 Å². The fraction of sp³-hybridized carbons (Fsp3) is 0.208. The molecule has 0 bridgehead atoms. The van der Waals surface area contributed by atoms with Gasteiger partial charge in [-0.05, 0) is 31.0 Å². The van der Waals surface area contributed by atoms with E-state index in [0.29, 0.717) is 12.8 Å². The van der Waals surface area contributed by atoms with Gasteiger partial charge < -0.3 is 14.2 Å². The van der Waals surface area contributed by atoms with Crippen molar-refractivity contribution in [3.63, 3.8) is 0 Å². The summed E-state index contributed by atoms with van der Waals surface area (Å²) < 4.78 is 15.3. The van der Waals surface area contributed by atoms with Crippen molar-refractivity contribution in [3.8, 4) is 0 Å². The van der Waals surface area contributed by atoms with Crippen LogP contribution < -0.4 is 0 Å². The van der Waals surface area contributed by atoms with Crippen LogP contribution in [0.4, 0.5) is 0 Å². The van der Waals surface area contributed by atoms with Crippen LogP contribution in [-0.4, -0.2) is 37.7 Å². The Hall–Kier alpha value is -3.67. The van der Waals surface area contributed by atoms with E-state index in [1.165, 1.54) is 24.3 Å². The van der Waals surface area contributed by atoms with Crippen molar-refractivity contribution in [1.82, 2.24) is 0 Å². The molecule has 0 aliphatic rings. The molecule has 1 rings (SSSR count). The van der Waals surface area contributed by atoms with Crippen LogP contribution in [0.2, 0.25) is 0 Å². The normalized spacial score (nSPS) is 10.5. The molecule has 0 atom stereocenters. The van der Waals surface area contributed by atoms with Gasteiger partial charge in [0.05, 0.1) is 16.7 Å². The zero-order valence-corrected chi connectivity index (χ0v) is 16.9. The van der Waals surface area contributed by atoms with Crippen LogP contribution in [-0.2, 0) is 14.2 Å². The van der Waals surface area contributed by atoms with E-state index in [0.717, 1.165) is 0 Å².